The molecule has 1 atom stereocenters. The van der Waals surface area contributed by atoms with Crippen molar-refractivity contribution < 1.29 is 14.3 Å². The third-order valence-electron chi connectivity index (χ3n) is 4.19. The van der Waals surface area contributed by atoms with Crippen molar-refractivity contribution in [3.05, 3.63) is 11.9 Å². The second-order valence-electron chi connectivity index (χ2n) is 6.04. The van der Waals surface area contributed by atoms with Crippen molar-refractivity contribution in [3.63, 3.8) is 0 Å². The summed E-state index contributed by atoms with van der Waals surface area (Å²) in [5.41, 5.74) is 0. The minimum Gasteiger partial charge on any atom is -0.381 e. The Kier molecular flexibility index (Phi) is 5.81. The van der Waals surface area contributed by atoms with Gasteiger partial charge in [-0.15, -0.1) is 0 Å². The molecule has 0 aliphatic carbocycles. The topological polar surface area (TPSA) is 88.6 Å². The average molecular weight is 335 g/mol. The Morgan fingerprint density at radius 2 is 2.08 bits per heavy atom. The Balaban J connectivity index is 1.47. The summed E-state index contributed by atoms with van der Waals surface area (Å²) in [5.74, 6) is 2.50. The number of nitrogens with zero attached hydrogens (tertiary/aromatic N) is 3. The van der Waals surface area contributed by atoms with E-state index >= 15 is 0 Å². The zero-order valence-electron chi connectivity index (χ0n) is 14.1. The highest BCUT2D eigenvalue weighted by molar-refractivity contribution is 5.79. The van der Waals surface area contributed by atoms with E-state index in [0.717, 1.165) is 50.2 Å². The molecule has 0 bridgehead atoms. The molecule has 24 heavy (non-hydrogen) atoms. The molecule has 2 saturated heterocycles. The zero-order chi connectivity index (χ0) is 16.8. The van der Waals surface area contributed by atoms with Crippen LogP contribution in [-0.2, 0) is 14.3 Å². The fourth-order valence-electron chi connectivity index (χ4n) is 2.86. The Bertz CT molecular complexity index is 557. The van der Waals surface area contributed by atoms with E-state index in [2.05, 4.69) is 25.5 Å². The summed E-state index contributed by atoms with van der Waals surface area (Å²) >= 11 is 0. The Morgan fingerprint density at radius 3 is 2.83 bits per heavy atom. The monoisotopic (exact) mass is 335 g/mol. The van der Waals surface area contributed by atoms with E-state index in [4.69, 9.17) is 9.47 Å². The van der Waals surface area contributed by atoms with E-state index in [9.17, 15) is 4.79 Å². The molecule has 0 aromatic carbocycles. The maximum Gasteiger partial charge on any atom is 0.225 e. The number of nitrogens with one attached hydrogen (secondary N) is 2. The molecule has 2 fully saturated rings. The molecule has 0 radical (unpaired) electrons. The first kappa shape index (κ1) is 16.9. The average Bonchev–Trinajstić information content (AvgIpc) is 3.14. The fraction of sp³-hybridized carbons (Fsp3) is 0.688. The first-order valence-electron chi connectivity index (χ1n) is 8.50. The van der Waals surface area contributed by atoms with Crippen LogP contribution in [0.5, 0.6) is 0 Å². The maximum absolute atomic E-state index is 11.9. The van der Waals surface area contributed by atoms with Gasteiger partial charge in [-0.2, -0.15) is 0 Å². The van der Waals surface area contributed by atoms with Gasteiger partial charge in [0.25, 0.3) is 0 Å². The van der Waals surface area contributed by atoms with Crippen LogP contribution in [-0.4, -0.2) is 68.5 Å². The molecule has 3 rings (SSSR count). The smallest absolute Gasteiger partial charge is 0.225 e. The summed E-state index contributed by atoms with van der Waals surface area (Å²) in [6.45, 7) is 7.42. The Labute approximate surface area is 141 Å². The van der Waals surface area contributed by atoms with Crippen LogP contribution in [0.1, 0.15) is 12.2 Å². The van der Waals surface area contributed by atoms with Gasteiger partial charge in [-0.05, 0) is 13.3 Å². The molecule has 8 nitrogen and oxygen atoms in total. The van der Waals surface area contributed by atoms with Crippen LogP contribution in [0, 0.1) is 12.8 Å². The van der Waals surface area contributed by atoms with Crippen LogP contribution in [0.4, 0.5) is 11.6 Å². The number of hydrogen-bond acceptors (Lipinski definition) is 7. The minimum atomic E-state index is -0.000724. The van der Waals surface area contributed by atoms with Crippen LogP contribution in [0.2, 0.25) is 0 Å². The van der Waals surface area contributed by atoms with Gasteiger partial charge in [-0.1, -0.05) is 0 Å². The molecule has 1 aromatic rings. The van der Waals surface area contributed by atoms with Crippen LogP contribution in [0.15, 0.2) is 6.07 Å². The molecule has 132 valence electrons. The number of carbonyl (C=O) groups excluding carboxylic acids is 1. The molecule has 1 amide bonds. The molecular weight excluding hydrogens is 310 g/mol. The number of amides is 1. The number of carbonyl (C=O) groups is 1. The van der Waals surface area contributed by atoms with Crippen molar-refractivity contribution in [2.75, 3.05) is 62.8 Å². The van der Waals surface area contributed by atoms with E-state index in [-0.39, 0.29) is 11.8 Å². The van der Waals surface area contributed by atoms with Gasteiger partial charge in [0.05, 0.1) is 25.7 Å². The van der Waals surface area contributed by atoms with E-state index in [0.29, 0.717) is 26.3 Å². The summed E-state index contributed by atoms with van der Waals surface area (Å²) in [7, 11) is 0. The third-order valence-corrected chi connectivity index (χ3v) is 4.19. The van der Waals surface area contributed by atoms with Gasteiger partial charge in [-0.3, -0.25) is 4.79 Å². The normalized spacial score (nSPS) is 20.9. The van der Waals surface area contributed by atoms with Crippen molar-refractivity contribution in [1.82, 2.24) is 15.3 Å². The summed E-state index contributed by atoms with van der Waals surface area (Å²) in [4.78, 5) is 23.0. The highest BCUT2D eigenvalue weighted by Gasteiger charge is 2.22. The number of hydrogen-bond donors (Lipinski definition) is 2. The number of aryl methyl sites for hydroxylation is 1. The Hall–Kier alpha value is -1.93. The Morgan fingerprint density at radius 1 is 1.25 bits per heavy atom. The molecule has 2 aliphatic rings. The predicted molar refractivity (Wildman–Crippen MR) is 90.2 cm³/mol. The van der Waals surface area contributed by atoms with Crippen molar-refractivity contribution >= 4 is 17.5 Å². The SMILES string of the molecule is Cc1nc(NCCNC(=O)C2CCOC2)cc(N2CCOCC2)n1. The quantitative estimate of drug-likeness (QED) is 0.717. The molecule has 3 heterocycles. The molecule has 0 spiro atoms. The molecular formula is C16H25N5O3. The van der Waals surface area contributed by atoms with Crippen molar-refractivity contribution in [1.29, 1.82) is 0 Å². The lowest BCUT2D eigenvalue weighted by Crippen LogP contribution is -2.37. The van der Waals surface area contributed by atoms with E-state index in [1.807, 2.05) is 13.0 Å². The zero-order valence-corrected chi connectivity index (χ0v) is 14.1. The molecule has 0 saturated carbocycles. The van der Waals surface area contributed by atoms with E-state index in [1.54, 1.807) is 0 Å². The molecule has 2 N–H and O–H groups in total. The number of morpholine rings is 1. The minimum absolute atomic E-state index is 0.000724. The second kappa shape index (κ2) is 8.25. The van der Waals surface area contributed by atoms with Crippen LogP contribution in [0.3, 0.4) is 0 Å². The highest BCUT2D eigenvalue weighted by Crippen LogP contribution is 2.17. The summed E-state index contributed by atoms with van der Waals surface area (Å²) in [5, 5.41) is 6.19. The summed E-state index contributed by atoms with van der Waals surface area (Å²) < 4.78 is 10.6. The standard InChI is InChI=1S/C16H25N5O3/c1-12-19-14(10-15(20-12)21-5-8-23-9-6-21)17-3-4-18-16(22)13-2-7-24-11-13/h10,13H,2-9,11H2,1H3,(H,18,22)(H,17,19,20). The fourth-order valence-corrected chi connectivity index (χ4v) is 2.86. The van der Waals surface area contributed by atoms with E-state index < -0.39 is 0 Å². The van der Waals surface area contributed by atoms with Gasteiger partial charge in [0.2, 0.25) is 5.91 Å². The van der Waals surface area contributed by atoms with Gasteiger partial charge in [-0.25, -0.2) is 9.97 Å². The summed E-state index contributed by atoms with van der Waals surface area (Å²) in [6.07, 6.45) is 0.813. The lowest BCUT2D eigenvalue weighted by molar-refractivity contribution is -0.124. The van der Waals surface area contributed by atoms with Crippen LogP contribution in [0.25, 0.3) is 0 Å². The second-order valence-corrected chi connectivity index (χ2v) is 6.04. The van der Waals surface area contributed by atoms with Gasteiger partial charge in [0, 0.05) is 38.9 Å². The predicted octanol–water partition coefficient (Wildman–Crippen LogP) is 0.186. The van der Waals surface area contributed by atoms with Gasteiger partial charge < -0.3 is 25.0 Å². The number of ether oxygens (including phenoxy) is 2. The van der Waals surface area contributed by atoms with Crippen molar-refractivity contribution in [2.45, 2.75) is 13.3 Å². The lowest BCUT2D eigenvalue weighted by Gasteiger charge is -2.28. The lowest BCUT2D eigenvalue weighted by atomic mass is 10.1. The number of rotatable bonds is 6. The number of aromatic nitrogens is 2. The molecule has 1 aromatic heterocycles. The largest absolute Gasteiger partial charge is 0.381 e. The van der Waals surface area contributed by atoms with Gasteiger partial charge >= 0.3 is 0 Å². The third kappa shape index (κ3) is 4.55. The van der Waals surface area contributed by atoms with Crippen LogP contribution >= 0.6 is 0 Å². The maximum atomic E-state index is 11.9. The first-order chi connectivity index (χ1) is 11.7. The van der Waals surface area contributed by atoms with Crippen LogP contribution < -0.4 is 15.5 Å². The van der Waals surface area contributed by atoms with Crippen molar-refractivity contribution in [2.24, 2.45) is 5.92 Å². The molecule has 2 aliphatic heterocycles. The first-order valence-corrected chi connectivity index (χ1v) is 8.50. The summed E-state index contributed by atoms with van der Waals surface area (Å²) in [6, 6.07) is 1.95. The highest BCUT2D eigenvalue weighted by atomic mass is 16.5. The number of anilines is 2. The van der Waals surface area contributed by atoms with Gasteiger partial charge in [0.15, 0.2) is 0 Å². The molecule has 8 heteroatoms. The van der Waals surface area contributed by atoms with Crippen molar-refractivity contribution in [3.8, 4) is 0 Å². The molecule has 1 unspecified atom stereocenters. The van der Waals surface area contributed by atoms with E-state index in [1.165, 1.54) is 0 Å². The van der Waals surface area contributed by atoms with Gasteiger partial charge in [0.1, 0.15) is 17.5 Å².